The van der Waals surface area contributed by atoms with Crippen LogP contribution in [0.15, 0.2) is 47.0 Å². The maximum absolute atomic E-state index is 13.8. The van der Waals surface area contributed by atoms with Crippen molar-refractivity contribution in [1.29, 1.82) is 0 Å². The van der Waals surface area contributed by atoms with Crippen molar-refractivity contribution in [2.75, 3.05) is 6.54 Å². The topological polar surface area (TPSA) is 38.1 Å². The minimum atomic E-state index is -0.225. The van der Waals surface area contributed by atoms with Gasteiger partial charge in [-0.3, -0.25) is 0 Å². The standard InChI is InChI=1S/C16H15FN2O/c1-2-18-10-16-19-9-15(20-16)13-7-8-14(17)12-6-4-3-5-11(12)13/h3-9,18H,2,10H2,1H3. The van der Waals surface area contributed by atoms with E-state index in [1.165, 1.54) is 6.07 Å². The number of rotatable bonds is 4. The molecule has 0 aliphatic heterocycles. The zero-order valence-corrected chi connectivity index (χ0v) is 11.2. The third-order valence-electron chi connectivity index (χ3n) is 3.22. The van der Waals surface area contributed by atoms with Gasteiger partial charge in [0.25, 0.3) is 0 Å². The normalized spacial score (nSPS) is 11.1. The molecule has 3 aromatic rings. The van der Waals surface area contributed by atoms with E-state index in [1.54, 1.807) is 18.3 Å². The Balaban J connectivity index is 2.06. The largest absolute Gasteiger partial charge is 0.439 e. The van der Waals surface area contributed by atoms with Crippen LogP contribution in [0.25, 0.3) is 22.1 Å². The lowest BCUT2D eigenvalue weighted by Gasteiger charge is -2.04. The van der Waals surface area contributed by atoms with Crippen LogP contribution >= 0.6 is 0 Å². The first-order chi connectivity index (χ1) is 9.79. The van der Waals surface area contributed by atoms with E-state index in [0.717, 1.165) is 17.5 Å². The highest BCUT2D eigenvalue weighted by molar-refractivity contribution is 5.95. The van der Waals surface area contributed by atoms with Gasteiger partial charge in [-0.05, 0) is 24.1 Å². The first-order valence-corrected chi connectivity index (χ1v) is 6.62. The highest BCUT2D eigenvalue weighted by atomic mass is 19.1. The van der Waals surface area contributed by atoms with Gasteiger partial charge in [0.2, 0.25) is 5.89 Å². The third kappa shape index (κ3) is 2.30. The zero-order chi connectivity index (χ0) is 13.9. The summed E-state index contributed by atoms with van der Waals surface area (Å²) in [5.41, 5.74) is 0.859. The van der Waals surface area contributed by atoms with Crippen molar-refractivity contribution in [2.24, 2.45) is 0 Å². The summed E-state index contributed by atoms with van der Waals surface area (Å²) in [6.45, 7) is 3.48. The lowest BCUT2D eigenvalue weighted by molar-refractivity contribution is 0.483. The summed E-state index contributed by atoms with van der Waals surface area (Å²) < 4.78 is 19.5. The zero-order valence-electron chi connectivity index (χ0n) is 11.2. The molecule has 3 nitrogen and oxygen atoms in total. The molecule has 20 heavy (non-hydrogen) atoms. The van der Waals surface area contributed by atoms with Gasteiger partial charge in [0.15, 0.2) is 5.76 Å². The number of aromatic nitrogens is 1. The fraction of sp³-hybridized carbons (Fsp3) is 0.188. The first-order valence-electron chi connectivity index (χ1n) is 6.62. The van der Waals surface area contributed by atoms with Gasteiger partial charge in [0.05, 0.1) is 12.7 Å². The second-order valence-electron chi connectivity index (χ2n) is 4.54. The van der Waals surface area contributed by atoms with Gasteiger partial charge in [-0.1, -0.05) is 31.2 Å². The van der Waals surface area contributed by atoms with Crippen LogP contribution in [-0.2, 0) is 6.54 Å². The van der Waals surface area contributed by atoms with E-state index in [2.05, 4.69) is 10.3 Å². The average Bonchev–Trinajstić information content (AvgIpc) is 2.94. The lowest BCUT2D eigenvalue weighted by Crippen LogP contribution is -2.11. The van der Waals surface area contributed by atoms with Crippen LogP contribution in [0.4, 0.5) is 4.39 Å². The molecule has 0 saturated heterocycles. The Morgan fingerprint density at radius 3 is 2.75 bits per heavy atom. The molecule has 0 spiro atoms. The number of halogens is 1. The quantitative estimate of drug-likeness (QED) is 0.784. The smallest absolute Gasteiger partial charge is 0.208 e. The van der Waals surface area contributed by atoms with Gasteiger partial charge in [-0.25, -0.2) is 9.37 Å². The number of oxazole rings is 1. The van der Waals surface area contributed by atoms with Gasteiger partial charge in [-0.15, -0.1) is 0 Å². The van der Waals surface area contributed by atoms with Gasteiger partial charge in [-0.2, -0.15) is 0 Å². The molecule has 1 aromatic heterocycles. The van der Waals surface area contributed by atoms with Gasteiger partial charge >= 0.3 is 0 Å². The Bertz CT molecular complexity index is 736. The number of benzene rings is 2. The Morgan fingerprint density at radius 1 is 1.15 bits per heavy atom. The molecule has 0 saturated carbocycles. The number of nitrogens with zero attached hydrogens (tertiary/aromatic N) is 1. The minimum absolute atomic E-state index is 0.225. The molecule has 2 aromatic carbocycles. The van der Waals surface area contributed by atoms with Crippen LogP contribution in [0.1, 0.15) is 12.8 Å². The van der Waals surface area contributed by atoms with Crippen molar-refractivity contribution in [3.8, 4) is 11.3 Å². The van der Waals surface area contributed by atoms with E-state index >= 15 is 0 Å². The molecule has 4 heteroatoms. The fourth-order valence-corrected chi connectivity index (χ4v) is 2.23. The van der Waals surface area contributed by atoms with Gasteiger partial charge in [0.1, 0.15) is 5.82 Å². The predicted octanol–water partition coefficient (Wildman–Crippen LogP) is 3.74. The third-order valence-corrected chi connectivity index (χ3v) is 3.22. The van der Waals surface area contributed by atoms with Gasteiger partial charge < -0.3 is 9.73 Å². The van der Waals surface area contributed by atoms with Crippen LogP contribution in [0.5, 0.6) is 0 Å². The number of hydrogen-bond donors (Lipinski definition) is 1. The summed E-state index contributed by atoms with van der Waals surface area (Å²) in [5, 5.41) is 4.58. The summed E-state index contributed by atoms with van der Waals surface area (Å²) in [6, 6.07) is 10.6. The van der Waals surface area contributed by atoms with E-state index in [1.807, 2.05) is 25.1 Å². The second kappa shape index (κ2) is 5.43. The Hall–Kier alpha value is -2.20. The predicted molar refractivity (Wildman–Crippen MR) is 76.8 cm³/mol. The molecule has 1 N–H and O–H groups in total. The Kier molecular flexibility index (Phi) is 3.48. The van der Waals surface area contributed by atoms with E-state index in [-0.39, 0.29) is 5.82 Å². The molecule has 0 aliphatic rings. The molecular formula is C16H15FN2O. The molecule has 0 amide bonds. The van der Waals surface area contributed by atoms with E-state index < -0.39 is 0 Å². The first kappa shape index (κ1) is 12.8. The van der Waals surface area contributed by atoms with Gasteiger partial charge in [0, 0.05) is 10.9 Å². The maximum Gasteiger partial charge on any atom is 0.208 e. The van der Waals surface area contributed by atoms with E-state index in [0.29, 0.717) is 23.6 Å². The molecule has 102 valence electrons. The monoisotopic (exact) mass is 270 g/mol. The summed E-state index contributed by atoms with van der Waals surface area (Å²) in [4.78, 5) is 4.24. The molecule has 0 unspecified atom stereocenters. The maximum atomic E-state index is 13.8. The fourth-order valence-electron chi connectivity index (χ4n) is 2.23. The van der Waals surface area contributed by atoms with Crippen molar-refractivity contribution in [1.82, 2.24) is 10.3 Å². The van der Waals surface area contributed by atoms with E-state index in [4.69, 9.17) is 4.42 Å². The van der Waals surface area contributed by atoms with Crippen molar-refractivity contribution in [3.05, 3.63) is 54.3 Å². The summed E-state index contributed by atoms with van der Waals surface area (Å²) >= 11 is 0. The Labute approximate surface area is 116 Å². The number of fused-ring (bicyclic) bond motifs is 1. The summed E-state index contributed by atoms with van der Waals surface area (Å²) in [5.74, 6) is 1.07. The van der Waals surface area contributed by atoms with Crippen LogP contribution in [-0.4, -0.2) is 11.5 Å². The number of hydrogen-bond acceptors (Lipinski definition) is 3. The lowest BCUT2D eigenvalue weighted by atomic mass is 10.0. The van der Waals surface area contributed by atoms with Crippen molar-refractivity contribution in [3.63, 3.8) is 0 Å². The van der Waals surface area contributed by atoms with Crippen LogP contribution in [0.3, 0.4) is 0 Å². The molecule has 0 bridgehead atoms. The number of nitrogens with one attached hydrogen (secondary N) is 1. The Morgan fingerprint density at radius 2 is 1.95 bits per heavy atom. The average molecular weight is 270 g/mol. The van der Waals surface area contributed by atoms with Crippen molar-refractivity contribution in [2.45, 2.75) is 13.5 Å². The van der Waals surface area contributed by atoms with Crippen LogP contribution in [0.2, 0.25) is 0 Å². The second-order valence-corrected chi connectivity index (χ2v) is 4.54. The molecule has 0 atom stereocenters. The minimum Gasteiger partial charge on any atom is -0.439 e. The molecule has 0 fully saturated rings. The van der Waals surface area contributed by atoms with Crippen molar-refractivity contribution < 1.29 is 8.81 Å². The molecule has 3 rings (SSSR count). The molecular weight excluding hydrogens is 255 g/mol. The van der Waals surface area contributed by atoms with Crippen LogP contribution < -0.4 is 5.32 Å². The van der Waals surface area contributed by atoms with E-state index in [9.17, 15) is 4.39 Å². The molecule has 1 heterocycles. The molecule has 0 radical (unpaired) electrons. The highest BCUT2D eigenvalue weighted by Gasteiger charge is 2.11. The van der Waals surface area contributed by atoms with Crippen molar-refractivity contribution >= 4 is 10.8 Å². The summed E-state index contributed by atoms with van der Waals surface area (Å²) in [6.07, 6.45) is 1.69. The molecule has 0 aliphatic carbocycles. The van der Waals surface area contributed by atoms with Crippen LogP contribution in [0, 0.1) is 5.82 Å². The summed E-state index contributed by atoms with van der Waals surface area (Å²) in [7, 11) is 0. The highest BCUT2D eigenvalue weighted by Crippen LogP contribution is 2.30. The SMILES string of the molecule is CCNCc1ncc(-c2ccc(F)c3ccccc23)o1.